The number of ether oxygens (including phenoxy) is 2. The van der Waals surface area contributed by atoms with Crippen LogP contribution in [0, 0.1) is 0 Å². The normalized spacial score (nSPS) is 21.8. The first kappa shape index (κ1) is 19.8. The molecule has 0 saturated carbocycles. The van der Waals surface area contributed by atoms with Crippen molar-refractivity contribution in [2.45, 2.75) is 38.1 Å². The summed E-state index contributed by atoms with van der Waals surface area (Å²) in [6, 6.07) is 4.32. The maximum atomic E-state index is 14.2. The van der Waals surface area contributed by atoms with Gasteiger partial charge in [0.15, 0.2) is 0 Å². The third kappa shape index (κ3) is 3.84. The second-order valence-electron chi connectivity index (χ2n) is 7.03. The average Bonchev–Trinajstić information content (AvgIpc) is 2.93. The van der Waals surface area contributed by atoms with Crippen LogP contribution in [-0.2, 0) is 4.79 Å². The highest BCUT2D eigenvalue weighted by molar-refractivity contribution is 6.01. The fraction of sp³-hybridized carbons (Fsp3) is 0.421. The molecule has 2 amide bonds. The molecule has 1 aliphatic rings. The van der Waals surface area contributed by atoms with Gasteiger partial charge in [0.1, 0.15) is 12.4 Å². The monoisotopic (exact) mass is 391 g/mol. The first-order valence-electron chi connectivity index (χ1n) is 8.86. The molecule has 0 radical (unpaired) electrons. The topological polar surface area (TPSA) is 124 Å². The van der Waals surface area contributed by atoms with Crippen molar-refractivity contribution in [2.75, 3.05) is 13.2 Å². The number of primary amides is 1. The molecule has 2 aromatic rings. The first-order chi connectivity index (χ1) is 13.2. The van der Waals surface area contributed by atoms with Crippen molar-refractivity contribution in [1.29, 1.82) is 0 Å². The van der Waals surface area contributed by atoms with E-state index >= 15 is 0 Å². The summed E-state index contributed by atoms with van der Waals surface area (Å²) in [5.74, 6) is -0.913. The number of carbonyl (C=O) groups excluding carboxylic acids is 2. The highest BCUT2D eigenvalue weighted by Crippen LogP contribution is 2.32. The molecular weight excluding hydrogens is 369 g/mol. The van der Waals surface area contributed by atoms with Gasteiger partial charge in [0.2, 0.25) is 11.5 Å². The van der Waals surface area contributed by atoms with Crippen molar-refractivity contribution >= 4 is 22.6 Å². The van der Waals surface area contributed by atoms with E-state index in [1.807, 2.05) is 13.8 Å². The number of aliphatic hydroxyl groups excluding tert-OH is 1. The molecule has 1 aliphatic heterocycles. The zero-order valence-electron chi connectivity index (χ0n) is 15.6. The van der Waals surface area contributed by atoms with Crippen LogP contribution in [0.25, 0.3) is 10.8 Å². The van der Waals surface area contributed by atoms with Crippen LogP contribution in [0.1, 0.15) is 30.6 Å². The Bertz CT molecular complexity index is 920. The molecule has 28 heavy (non-hydrogen) atoms. The van der Waals surface area contributed by atoms with Gasteiger partial charge < -0.3 is 25.6 Å². The highest BCUT2D eigenvalue weighted by atomic mass is 19.1. The van der Waals surface area contributed by atoms with Gasteiger partial charge >= 0.3 is 0 Å². The van der Waals surface area contributed by atoms with E-state index in [9.17, 15) is 14.0 Å². The summed E-state index contributed by atoms with van der Waals surface area (Å²) >= 11 is 0. The lowest BCUT2D eigenvalue weighted by Crippen LogP contribution is -2.37. The van der Waals surface area contributed by atoms with Crippen LogP contribution in [0.2, 0.25) is 0 Å². The minimum absolute atomic E-state index is 0.0263. The molecule has 1 fully saturated rings. The largest absolute Gasteiger partial charge is 0.490 e. The van der Waals surface area contributed by atoms with E-state index in [0.29, 0.717) is 16.5 Å². The summed E-state index contributed by atoms with van der Waals surface area (Å²) in [6.07, 6.45) is 1.13. The molecule has 2 unspecified atom stereocenters. The average molecular weight is 391 g/mol. The Labute approximate surface area is 160 Å². The Hall–Kier alpha value is -2.94. The van der Waals surface area contributed by atoms with Gasteiger partial charge in [0.25, 0.3) is 11.8 Å². The van der Waals surface area contributed by atoms with Crippen LogP contribution in [0.15, 0.2) is 24.4 Å². The van der Waals surface area contributed by atoms with Crippen molar-refractivity contribution in [3.8, 4) is 11.6 Å². The number of rotatable bonds is 7. The molecule has 0 spiro atoms. The second-order valence-corrected chi connectivity index (χ2v) is 7.03. The van der Waals surface area contributed by atoms with Crippen LogP contribution in [0.3, 0.4) is 0 Å². The SMILES string of the molecule is CC(C)Oc1cc2c(OCC3CC(F)(CO)C(=O)N3)nccc2cc1C(N)=O. The molecule has 0 aliphatic carbocycles. The predicted molar refractivity (Wildman–Crippen MR) is 99.0 cm³/mol. The number of hydrogen-bond acceptors (Lipinski definition) is 6. The van der Waals surface area contributed by atoms with Crippen LogP contribution in [0.5, 0.6) is 11.6 Å². The van der Waals surface area contributed by atoms with E-state index in [-0.39, 0.29) is 30.6 Å². The van der Waals surface area contributed by atoms with Crippen molar-refractivity contribution < 1.29 is 28.6 Å². The number of amides is 2. The number of halogens is 1. The Kier molecular flexibility index (Phi) is 5.37. The lowest BCUT2D eigenvalue weighted by molar-refractivity contribution is -0.131. The van der Waals surface area contributed by atoms with Crippen molar-refractivity contribution in [3.05, 3.63) is 30.0 Å². The molecule has 1 aromatic carbocycles. The number of nitrogens with zero attached hydrogens (tertiary/aromatic N) is 1. The number of aromatic nitrogens is 1. The molecule has 8 nitrogen and oxygen atoms in total. The van der Waals surface area contributed by atoms with Crippen molar-refractivity contribution in [1.82, 2.24) is 10.3 Å². The third-order valence-corrected chi connectivity index (χ3v) is 4.44. The zero-order chi connectivity index (χ0) is 20.5. The van der Waals surface area contributed by atoms with Gasteiger partial charge in [0, 0.05) is 18.0 Å². The molecule has 2 heterocycles. The van der Waals surface area contributed by atoms with E-state index in [0.717, 1.165) is 0 Å². The smallest absolute Gasteiger partial charge is 0.260 e. The molecule has 2 atom stereocenters. The first-order valence-corrected chi connectivity index (χ1v) is 8.86. The molecule has 1 aromatic heterocycles. The van der Waals surface area contributed by atoms with Crippen molar-refractivity contribution in [3.63, 3.8) is 0 Å². The zero-order valence-corrected chi connectivity index (χ0v) is 15.6. The minimum Gasteiger partial charge on any atom is -0.490 e. The lowest BCUT2D eigenvalue weighted by Gasteiger charge is -2.16. The van der Waals surface area contributed by atoms with Gasteiger partial charge in [-0.3, -0.25) is 9.59 Å². The number of benzene rings is 1. The van der Waals surface area contributed by atoms with E-state index in [1.165, 1.54) is 6.20 Å². The Morgan fingerprint density at radius 1 is 1.50 bits per heavy atom. The summed E-state index contributed by atoms with van der Waals surface area (Å²) in [4.78, 5) is 27.6. The van der Waals surface area contributed by atoms with Gasteiger partial charge in [-0.05, 0) is 37.4 Å². The standard InChI is InChI=1S/C19H22FN3O5/c1-10(2)28-15-6-13-11(5-14(15)16(21)25)3-4-22-17(13)27-8-12-7-19(20,9-24)18(26)23-12/h3-6,10,12,24H,7-9H2,1-2H3,(H2,21,25)(H,23,26). The van der Waals surface area contributed by atoms with E-state index in [2.05, 4.69) is 10.3 Å². The maximum absolute atomic E-state index is 14.2. The summed E-state index contributed by atoms with van der Waals surface area (Å²) in [6.45, 7) is 2.74. The molecule has 4 N–H and O–H groups in total. The van der Waals surface area contributed by atoms with Gasteiger partial charge in [-0.2, -0.15) is 0 Å². The van der Waals surface area contributed by atoms with E-state index in [4.69, 9.17) is 20.3 Å². The summed E-state index contributed by atoms with van der Waals surface area (Å²) in [5.41, 5.74) is 3.40. The van der Waals surface area contributed by atoms with E-state index < -0.39 is 30.1 Å². The van der Waals surface area contributed by atoms with Crippen molar-refractivity contribution in [2.24, 2.45) is 5.73 Å². The quantitative estimate of drug-likeness (QED) is 0.649. The molecule has 0 bridgehead atoms. The van der Waals surface area contributed by atoms with Gasteiger partial charge in [-0.15, -0.1) is 0 Å². The van der Waals surface area contributed by atoms with Crippen LogP contribution >= 0.6 is 0 Å². The van der Waals surface area contributed by atoms with E-state index in [1.54, 1.807) is 18.2 Å². The molecule has 1 saturated heterocycles. The lowest BCUT2D eigenvalue weighted by atomic mass is 10.0. The summed E-state index contributed by atoms with van der Waals surface area (Å²) < 4.78 is 25.6. The number of carbonyl (C=O) groups is 2. The number of fused-ring (bicyclic) bond motifs is 1. The van der Waals surface area contributed by atoms with Crippen LogP contribution in [-0.4, -0.2) is 52.9 Å². The Balaban J connectivity index is 1.87. The number of nitrogens with one attached hydrogen (secondary N) is 1. The highest BCUT2D eigenvalue weighted by Gasteiger charge is 2.47. The number of alkyl halides is 1. The fourth-order valence-corrected chi connectivity index (χ4v) is 3.10. The maximum Gasteiger partial charge on any atom is 0.260 e. The summed E-state index contributed by atoms with van der Waals surface area (Å²) in [7, 11) is 0. The Morgan fingerprint density at radius 3 is 2.86 bits per heavy atom. The van der Waals surface area contributed by atoms with Crippen LogP contribution < -0.4 is 20.5 Å². The predicted octanol–water partition coefficient (Wildman–Crippen LogP) is 1.09. The third-order valence-electron chi connectivity index (χ3n) is 4.44. The summed E-state index contributed by atoms with van der Waals surface area (Å²) in [5, 5.41) is 12.8. The number of pyridine rings is 1. The molecular formula is C19H22FN3O5. The van der Waals surface area contributed by atoms with Gasteiger partial charge in [0.05, 0.1) is 24.3 Å². The van der Waals surface area contributed by atoms with Crippen LogP contribution in [0.4, 0.5) is 4.39 Å². The molecule has 150 valence electrons. The fourth-order valence-electron chi connectivity index (χ4n) is 3.10. The van der Waals surface area contributed by atoms with Gasteiger partial charge in [-0.25, -0.2) is 9.37 Å². The minimum atomic E-state index is -2.30. The number of hydrogen-bond donors (Lipinski definition) is 3. The van der Waals surface area contributed by atoms with Gasteiger partial charge in [-0.1, -0.05) is 0 Å². The number of nitrogens with two attached hydrogens (primary N) is 1. The Morgan fingerprint density at radius 2 is 2.25 bits per heavy atom. The molecule has 9 heteroatoms. The second kappa shape index (κ2) is 7.59. The number of aliphatic hydroxyl groups is 1. The molecule has 3 rings (SSSR count).